The Bertz CT molecular complexity index is 1930. The van der Waals surface area contributed by atoms with Gasteiger partial charge in [-0.2, -0.15) is 5.10 Å². The summed E-state index contributed by atoms with van der Waals surface area (Å²) in [7, 11) is -4.51. The van der Waals surface area contributed by atoms with Crippen LogP contribution in [0.2, 0.25) is 25.7 Å². The van der Waals surface area contributed by atoms with E-state index < -0.39 is 63.6 Å². The fourth-order valence-electron chi connectivity index (χ4n) is 4.75. The van der Waals surface area contributed by atoms with Crippen LogP contribution in [0.3, 0.4) is 0 Å². The number of esters is 1. The third-order valence-electron chi connectivity index (χ3n) is 7.11. The average molecular weight is 677 g/mol. The van der Waals surface area contributed by atoms with Gasteiger partial charge in [0.1, 0.15) is 25.0 Å². The number of aromatic nitrogens is 2. The molecule has 0 aliphatic heterocycles. The zero-order valence-corrected chi connectivity index (χ0v) is 28.1. The molecule has 1 aromatic heterocycles. The molecular formula is C31H35F3N4O6SSi. The molecule has 3 aromatic carbocycles. The van der Waals surface area contributed by atoms with E-state index in [0.717, 1.165) is 43.3 Å². The van der Waals surface area contributed by atoms with Crippen LogP contribution in [0.5, 0.6) is 0 Å². The van der Waals surface area contributed by atoms with Crippen molar-refractivity contribution in [2.75, 3.05) is 18.4 Å². The molecule has 0 aliphatic carbocycles. The van der Waals surface area contributed by atoms with Crippen molar-refractivity contribution in [3.63, 3.8) is 0 Å². The van der Waals surface area contributed by atoms with E-state index in [0.29, 0.717) is 23.1 Å². The number of carbonyl (C=O) groups excluding carboxylic acids is 2. The maximum absolute atomic E-state index is 16.1. The van der Waals surface area contributed by atoms with Crippen LogP contribution in [0, 0.1) is 24.4 Å². The number of ether oxygens (including phenoxy) is 2. The second-order valence-electron chi connectivity index (χ2n) is 11.9. The zero-order chi connectivity index (χ0) is 34.0. The predicted octanol–water partition coefficient (Wildman–Crippen LogP) is 5.96. The molecule has 4 rings (SSSR count). The summed E-state index contributed by atoms with van der Waals surface area (Å²) in [6, 6.07) is 8.44. The topological polar surface area (TPSA) is 129 Å². The lowest BCUT2D eigenvalue weighted by molar-refractivity contribution is -0.142. The van der Waals surface area contributed by atoms with Gasteiger partial charge in [0.25, 0.3) is 15.9 Å². The van der Waals surface area contributed by atoms with Gasteiger partial charge in [0.05, 0.1) is 21.7 Å². The molecule has 0 fully saturated rings. The number of aryl methyl sites for hydroxylation is 1. The summed E-state index contributed by atoms with van der Waals surface area (Å²) in [6.45, 7) is 9.44. The Morgan fingerprint density at radius 3 is 2.41 bits per heavy atom. The number of fused-ring (bicyclic) bond motifs is 1. The van der Waals surface area contributed by atoms with E-state index in [1.807, 2.05) is 0 Å². The Morgan fingerprint density at radius 2 is 1.76 bits per heavy atom. The molecule has 0 bridgehead atoms. The van der Waals surface area contributed by atoms with Gasteiger partial charge in [-0.25, -0.2) is 26.3 Å². The monoisotopic (exact) mass is 676 g/mol. The molecule has 46 heavy (non-hydrogen) atoms. The molecule has 0 atom stereocenters. The van der Waals surface area contributed by atoms with Crippen molar-refractivity contribution < 1.29 is 40.7 Å². The van der Waals surface area contributed by atoms with Gasteiger partial charge in [-0.3, -0.25) is 14.3 Å². The highest BCUT2D eigenvalue weighted by atomic mass is 32.2. The maximum atomic E-state index is 16.1. The van der Waals surface area contributed by atoms with E-state index in [4.69, 9.17) is 9.47 Å². The molecular weight excluding hydrogens is 642 g/mol. The summed E-state index contributed by atoms with van der Waals surface area (Å²) in [4.78, 5) is 23.2. The van der Waals surface area contributed by atoms with Crippen LogP contribution in [0.4, 0.5) is 18.9 Å². The van der Waals surface area contributed by atoms with Gasteiger partial charge >= 0.3 is 5.97 Å². The van der Waals surface area contributed by atoms with Crippen molar-refractivity contribution in [1.29, 1.82) is 0 Å². The van der Waals surface area contributed by atoms with Gasteiger partial charge in [-0.05, 0) is 66.1 Å². The smallest absolute Gasteiger partial charge is 0.302 e. The Hall–Kier alpha value is -4.21. The van der Waals surface area contributed by atoms with E-state index in [1.165, 1.54) is 23.9 Å². The summed E-state index contributed by atoms with van der Waals surface area (Å²) in [6.07, 6.45) is 0. The first-order chi connectivity index (χ1) is 21.5. The summed E-state index contributed by atoms with van der Waals surface area (Å²) >= 11 is 0. The van der Waals surface area contributed by atoms with E-state index in [2.05, 4.69) is 34.8 Å². The highest BCUT2D eigenvalue weighted by Gasteiger charge is 2.26. The van der Waals surface area contributed by atoms with Gasteiger partial charge < -0.3 is 14.8 Å². The predicted molar refractivity (Wildman–Crippen MR) is 170 cm³/mol. The van der Waals surface area contributed by atoms with Crippen LogP contribution >= 0.6 is 0 Å². The normalized spacial score (nSPS) is 11.9. The van der Waals surface area contributed by atoms with Gasteiger partial charge in [0.2, 0.25) is 0 Å². The molecule has 0 saturated carbocycles. The number of nitrogens with zero attached hydrogens (tertiary/aromatic N) is 2. The molecule has 15 heteroatoms. The van der Waals surface area contributed by atoms with E-state index >= 15 is 8.78 Å². The lowest BCUT2D eigenvalue weighted by Gasteiger charge is -2.16. The van der Waals surface area contributed by atoms with E-state index in [1.54, 1.807) is 6.92 Å². The lowest BCUT2D eigenvalue weighted by atomic mass is 9.96. The second kappa shape index (κ2) is 13.6. The number of sulfonamides is 1. The average Bonchev–Trinajstić information content (AvgIpc) is 3.35. The molecule has 1 amide bonds. The lowest BCUT2D eigenvalue weighted by Crippen LogP contribution is -2.22. The molecule has 0 unspecified atom stereocenters. The van der Waals surface area contributed by atoms with Crippen LogP contribution in [0.15, 0.2) is 47.4 Å². The van der Waals surface area contributed by atoms with E-state index in [9.17, 15) is 22.4 Å². The summed E-state index contributed by atoms with van der Waals surface area (Å²) < 4.78 is 86.3. The SMILES string of the molecule is CNC(=O)c1nn(COCC[Si](C)(C)C)c2c(C)c(-c3c(F)ccc(NS(=O)(=O)c4cc(F)cc(COC(C)=O)c4)c3F)ccc12. The highest BCUT2D eigenvalue weighted by Crippen LogP contribution is 2.37. The highest BCUT2D eigenvalue weighted by molar-refractivity contribution is 7.92. The third kappa shape index (κ3) is 7.77. The van der Waals surface area contributed by atoms with Crippen molar-refractivity contribution in [2.24, 2.45) is 0 Å². The second-order valence-corrected chi connectivity index (χ2v) is 19.2. The number of nitrogens with one attached hydrogen (secondary N) is 2. The summed E-state index contributed by atoms with van der Waals surface area (Å²) in [5.41, 5.74) is -0.0895. The Labute approximate surface area is 266 Å². The molecule has 246 valence electrons. The van der Waals surface area contributed by atoms with Crippen molar-refractivity contribution in [3.05, 3.63) is 76.7 Å². The first kappa shape index (κ1) is 34.7. The molecule has 0 spiro atoms. The molecule has 0 aliphatic rings. The molecule has 2 N–H and O–H groups in total. The summed E-state index contributed by atoms with van der Waals surface area (Å²) in [5.74, 6) is -4.22. The zero-order valence-electron chi connectivity index (χ0n) is 26.3. The van der Waals surface area contributed by atoms with Crippen LogP contribution in [0.1, 0.15) is 28.5 Å². The van der Waals surface area contributed by atoms with Gasteiger partial charge in [-0.1, -0.05) is 25.7 Å². The quantitative estimate of drug-likeness (QED) is 0.108. The van der Waals surface area contributed by atoms with E-state index in [-0.39, 0.29) is 30.2 Å². The van der Waals surface area contributed by atoms with Crippen molar-refractivity contribution in [1.82, 2.24) is 15.1 Å². The van der Waals surface area contributed by atoms with Crippen molar-refractivity contribution in [3.8, 4) is 11.1 Å². The van der Waals surface area contributed by atoms with Crippen molar-refractivity contribution in [2.45, 2.75) is 57.8 Å². The number of anilines is 1. The minimum atomic E-state index is -4.58. The standard InChI is InChI=1S/C31H35F3N4O6SSi/c1-18-23(7-8-24-29(31(40)35-3)36-38(30(18)24)17-43-11-12-46(4,5)6)27-25(33)9-10-26(28(27)34)37-45(41,42)22-14-20(13-21(32)15-22)16-44-19(2)39/h7-10,13-15,37H,11-12,16-17H2,1-6H3,(H,35,40). The largest absolute Gasteiger partial charge is 0.461 e. The first-order valence-electron chi connectivity index (χ1n) is 14.3. The minimum absolute atomic E-state index is 0.0137. The number of carbonyl (C=O) groups is 2. The van der Waals surface area contributed by atoms with Gasteiger partial charge in [-0.15, -0.1) is 0 Å². The number of hydrogen-bond donors (Lipinski definition) is 2. The van der Waals surface area contributed by atoms with Crippen molar-refractivity contribution >= 4 is 46.6 Å². The van der Waals surface area contributed by atoms with Crippen LogP contribution in [-0.2, 0) is 37.6 Å². The Kier molecular flexibility index (Phi) is 10.3. The molecule has 0 saturated heterocycles. The summed E-state index contributed by atoms with van der Waals surface area (Å²) in [5, 5.41) is 7.40. The maximum Gasteiger partial charge on any atom is 0.302 e. The fraction of sp³-hybridized carbons (Fsp3) is 0.323. The van der Waals surface area contributed by atoms with Crippen LogP contribution in [-0.4, -0.2) is 51.8 Å². The Morgan fingerprint density at radius 1 is 1.04 bits per heavy atom. The molecule has 1 heterocycles. The number of amides is 1. The number of benzene rings is 3. The molecule has 10 nitrogen and oxygen atoms in total. The first-order valence-corrected chi connectivity index (χ1v) is 19.5. The minimum Gasteiger partial charge on any atom is -0.461 e. The number of rotatable bonds is 12. The third-order valence-corrected chi connectivity index (χ3v) is 10.2. The van der Waals surface area contributed by atoms with Crippen LogP contribution < -0.4 is 10.0 Å². The number of halogens is 3. The number of hydrogen-bond acceptors (Lipinski definition) is 7. The van der Waals surface area contributed by atoms with Crippen LogP contribution in [0.25, 0.3) is 22.0 Å². The van der Waals surface area contributed by atoms with Gasteiger partial charge in [0, 0.05) is 34.0 Å². The van der Waals surface area contributed by atoms with Gasteiger partial charge in [0.15, 0.2) is 11.5 Å². The fourth-order valence-corrected chi connectivity index (χ4v) is 6.65. The Balaban J connectivity index is 1.76. The molecule has 0 radical (unpaired) electrons. The molecule has 4 aromatic rings.